The Morgan fingerprint density at radius 2 is 1.76 bits per heavy atom. The molecule has 0 aliphatic carbocycles. The van der Waals surface area contributed by atoms with Crippen LogP contribution in [0.5, 0.6) is 5.75 Å². The molecule has 0 spiro atoms. The van der Waals surface area contributed by atoms with Crippen molar-refractivity contribution >= 4 is 46.6 Å². The molecule has 0 saturated heterocycles. The smallest absolute Gasteiger partial charge is 0.259 e. The number of amides is 1. The number of rotatable bonds is 8. The van der Waals surface area contributed by atoms with Crippen LogP contribution in [0.1, 0.15) is 22.8 Å². The van der Waals surface area contributed by atoms with Crippen molar-refractivity contribution in [2.45, 2.75) is 23.5 Å². The first kappa shape index (κ1) is 23.2. The Morgan fingerprint density at radius 3 is 2.55 bits per heavy atom. The Balaban J connectivity index is 1.57. The van der Waals surface area contributed by atoms with Gasteiger partial charge in [-0.25, -0.2) is 4.68 Å². The lowest BCUT2D eigenvalue weighted by Gasteiger charge is -2.13. The van der Waals surface area contributed by atoms with Crippen LogP contribution in [0.2, 0.25) is 10.3 Å². The Hall–Kier alpha value is -3.00. The molecular formula is C24H20Cl2N4O2S. The lowest BCUT2D eigenvalue weighted by molar-refractivity contribution is 0.102. The van der Waals surface area contributed by atoms with E-state index in [1.807, 2.05) is 61.5 Å². The Bertz CT molecular complexity index is 1260. The van der Waals surface area contributed by atoms with E-state index in [0.717, 1.165) is 10.5 Å². The summed E-state index contributed by atoms with van der Waals surface area (Å²) in [7, 11) is 0. The lowest BCUT2D eigenvalue weighted by atomic mass is 10.2. The van der Waals surface area contributed by atoms with Gasteiger partial charge in [-0.1, -0.05) is 48.0 Å². The lowest BCUT2D eigenvalue weighted by Crippen LogP contribution is -2.14. The number of carbonyl (C=O) groups excluding carboxylic acids is 1. The highest BCUT2D eigenvalue weighted by molar-refractivity contribution is 7.99. The van der Waals surface area contributed by atoms with Crippen molar-refractivity contribution in [3.8, 4) is 5.75 Å². The first-order valence-corrected chi connectivity index (χ1v) is 11.8. The molecule has 3 aromatic carbocycles. The molecule has 33 heavy (non-hydrogen) atoms. The third-order valence-electron chi connectivity index (χ3n) is 4.63. The molecule has 0 bridgehead atoms. The minimum atomic E-state index is -0.257. The Morgan fingerprint density at radius 1 is 1.03 bits per heavy atom. The number of carbonyl (C=O) groups is 1. The molecule has 1 amide bonds. The zero-order valence-corrected chi connectivity index (χ0v) is 20.0. The summed E-state index contributed by atoms with van der Waals surface area (Å²) in [5.74, 6) is 0.282. The molecule has 0 atom stereocenters. The zero-order valence-electron chi connectivity index (χ0n) is 17.7. The Labute approximate surface area is 205 Å². The number of hydrogen-bond acceptors (Lipinski definition) is 5. The SMILES string of the molecule is CCOc1ccccc1C(=O)Nc1ccccc1Sc1nc(Cl)nn1Cc1ccc(Cl)cc1. The van der Waals surface area contributed by atoms with Crippen LogP contribution in [0, 0.1) is 0 Å². The summed E-state index contributed by atoms with van der Waals surface area (Å²) in [6.07, 6.45) is 0. The average molecular weight is 499 g/mol. The number of benzene rings is 3. The first-order valence-electron chi connectivity index (χ1n) is 10.2. The highest BCUT2D eigenvalue weighted by Gasteiger charge is 2.17. The largest absolute Gasteiger partial charge is 0.493 e. The van der Waals surface area contributed by atoms with E-state index in [9.17, 15) is 4.79 Å². The first-order chi connectivity index (χ1) is 16.0. The van der Waals surface area contributed by atoms with Gasteiger partial charge >= 0.3 is 0 Å². The van der Waals surface area contributed by atoms with E-state index in [1.54, 1.807) is 22.9 Å². The van der Waals surface area contributed by atoms with Crippen LogP contribution in [0.15, 0.2) is 82.8 Å². The monoisotopic (exact) mass is 498 g/mol. The molecule has 1 aromatic heterocycles. The van der Waals surface area contributed by atoms with Crippen LogP contribution in [0.3, 0.4) is 0 Å². The fourth-order valence-electron chi connectivity index (χ4n) is 3.13. The van der Waals surface area contributed by atoms with Crippen LogP contribution in [0.25, 0.3) is 0 Å². The highest BCUT2D eigenvalue weighted by Crippen LogP contribution is 2.34. The third-order valence-corrected chi connectivity index (χ3v) is 6.10. The van der Waals surface area contributed by atoms with E-state index >= 15 is 0 Å². The van der Waals surface area contributed by atoms with Gasteiger partial charge in [-0.15, -0.1) is 5.10 Å². The number of aromatic nitrogens is 3. The van der Waals surface area contributed by atoms with Crippen molar-refractivity contribution in [1.29, 1.82) is 0 Å². The van der Waals surface area contributed by atoms with Crippen molar-refractivity contribution in [3.63, 3.8) is 0 Å². The quantitative estimate of drug-likeness (QED) is 0.302. The molecule has 0 radical (unpaired) electrons. The van der Waals surface area contributed by atoms with Crippen LogP contribution >= 0.6 is 35.0 Å². The van der Waals surface area contributed by atoms with Gasteiger partial charge in [0.1, 0.15) is 5.75 Å². The maximum Gasteiger partial charge on any atom is 0.259 e. The predicted octanol–water partition coefficient (Wildman–Crippen LogP) is 6.44. The van der Waals surface area contributed by atoms with Gasteiger partial charge in [0.05, 0.1) is 24.4 Å². The van der Waals surface area contributed by atoms with E-state index in [1.165, 1.54) is 11.8 Å². The van der Waals surface area contributed by atoms with Crippen molar-refractivity contribution in [3.05, 3.63) is 94.2 Å². The fraction of sp³-hybridized carbons (Fsp3) is 0.125. The zero-order chi connectivity index (χ0) is 23.2. The summed E-state index contributed by atoms with van der Waals surface area (Å²) in [5, 5.41) is 8.71. The summed E-state index contributed by atoms with van der Waals surface area (Å²) < 4.78 is 7.32. The van der Waals surface area contributed by atoms with E-state index in [-0.39, 0.29) is 11.2 Å². The molecule has 9 heteroatoms. The molecule has 0 fully saturated rings. The van der Waals surface area contributed by atoms with E-state index in [0.29, 0.717) is 40.3 Å². The van der Waals surface area contributed by atoms with Crippen molar-refractivity contribution in [1.82, 2.24) is 14.8 Å². The maximum atomic E-state index is 13.0. The average Bonchev–Trinajstić information content (AvgIpc) is 3.15. The number of halogens is 2. The number of para-hydroxylation sites is 2. The number of nitrogens with one attached hydrogen (secondary N) is 1. The minimum Gasteiger partial charge on any atom is -0.493 e. The summed E-state index contributed by atoms with van der Waals surface area (Å²) in [6, 6.07) is 22.2. The molecule has 1 heterocycles. The van der Waals surface area contributed by atoms with Crippen LogP contribution in [-0.2, 0) is 6.54 Å². The minimum absolute atomic E-state index is 0.152. The summed E-state index contributed by atoms with van der Waals surface area (Å²) in [4.78, 5) is 18.2. The molecule has 1 N–H and O–H groups in total. The Kier molecular flexibility index (Phi) is 7.54. The van der Waals surface area contributed by atoms with E-state index < -0.39 is 0 Å². The summed E-state index contributed by atoms with van der Waals surface area (Å²) in [5.41, 5.74) is 2.13. The van der Waals surface area contributed by atoms with Crippen molar-refractivity contribution in [2.24, 2.45) is 0 Å². The molecule has 0 saturated carbocycles. The number of hydrogen-bond donors (Lipinski definition) is 1. The summed E-state index contributed by atoms with van der Waals surface area (Å²) >= 11 is 13.5. The van der Waals surface area contributed by atoms with Crippen LogP contribution in [0.4, 0.5) is 5.69 Å². The van der Waals surface area contributed by atoms with Crippen LogP contribution < -0.4 is 10.1 Å². The summed E-state index contributed by atoms with van der Waals surface area (Å²) in [6.45, 7) is 2.84. The van der Waals surface area contributed by atoms with Crippen molar-refractivity contribution < 1.29 is 9.53 Å². The maximum absolute atomic E-state index is 13.0. The number of ether oxygens (including phenoxy) is 1. The fourth-order valence-corrected chi connectivity index (χ4v) is 4.39. The molecular weight excluding hydrogens is 479 g/mol. The second-order valence-corrected chi connectivity index (χ2v) is 8.71. The van der Waals surface area contributed by atoms with E-state index in [4.69, 9.17) is 27.9 Å². The molecule has 4 aromatic rings. The molecule has 4 rings (SSSR count). The number of anilines is 1. The third kappa shape index (κ3) is 5.87. The van der Waals surface area contributed by atoms with Gasteiger partial charge in [-0.05, 0) is 72.2 Å². The highest BCUT2D eigenvalue weighted by atomic mass is 35.5. The van der Waals surface area contributed by atoms with Gasteiger partial charge in [0, 0.05) is 9.92 Å². The number of nitrogens with zero attached hydrogens (tertiary/aromatic N) is 3. The predicted molar refractivity (Wildman–Crippen MR) is 132 cm³/mol. The molecule has 0 aliphatic rings. The van der Waals surface area contributed by atoms with Gasteiger partial charge in [-0.2, -0.15) is 4.98 Å². The molecule has 0 unspecified atom stereocenters. The van der Waals surface area contributed by atoms with E-state index in [2.05, 4.69) is 15.4 Å². The normalized spacial score (nSPS) is 10.8. The topological polar surface area (TPSA) is 69.0 Å². The van der Waals surface area contributed by atoms with Gasteiger partial charge in [-0.3, -0.25) is 4.79 Å². The molecule has 6 nitrogen and oxygen atoms in total. The standard InChI is InChI=1S/C24H20Cl2N4O2S/c1-2-32-20-9-5-3-7-18(20)22(31)27-19-8-4-6-10-21(19)33-24-28-23(26)29-30(24)15-16-11-13-17(25)14-12-16/h3-14H,2,15H2,1H3,(H,27,31). The molecule has 0 aliphatic heterocycles. The van der Waals surface area contributed by atoms with Gasteiger partial charge in [0.15, 0.2) is 5.16 Å². The van der Waals surface area contributed by atoms with Crippen LogP contribution in [-0.4, -0.2) is 27.3 Å². The second kappa shape index (κ2) is 10.7. The van der Waals surface area contributed by atoms with Gasteiger partial charge < -0.3 is 10.1 Å². The van der Waals surface area contributed by atoms with Gasteiger partial charge in [0.25, 0.3) is 5.91 Å². The van der Waals surface area contributed by atoms with Gasteiger partial charge in [0.2, 0.25) is 5.28 Å². The molecule has 168 valence electrons. The second-order valence-electron chi connectivity index (χ2n) is 6.93. The van der Waals surface area contributed by atoms with Crippen molar-refractivity contribution in [2.75, 3.05) is 11.9 Å².